The molecular formula is C22H22F3N5O. The van der Waals surface area contributed by atoms with Gasteiger partial charge in [0.05, 0.1) is 0 Å². The minimum atomic E-state index is -4.65. The highest BCUT2D eigenvalue weighted by atomic mass is 19.4. The molecule has 3 aromatic rings. The number of carbonyl (C=O) groups excluding carboxylic acids is 1. The second-order valence-electron chi connectivity index (χ2n) is 5.84. The smallest absolute Gasteiger partial charge is 0.339 e. The maximum atomic E-state index is 13.4. The van der Waals surface area contributed by atoms with Gasteiger partial charge in [-0.05, 0) is 36.4 Å². The van der Waals surface area contributed by atoms with Crippen molar-refractivity contribution in [2.24, 2.45) is 0 Å². The van der Waals surface area contributed by atoms with Crippen LogP contribution in [0.5, 0.6) is 0 Å². The number of anilines is 5. The number of rotatable bonds is 6. The molecule has 6 nitrogen and oxygen atoms in total. The monoisotopic (exact) mass is 429 g/mol. The van der Waals surface area contributed by atoms with Gasteiger partial charge in [-0.15, -0.1) is 0 Å². The maximum Gasteiger partial charge on any atom is 0.421 e. The fourth-order valence-corrected chi connectivity index (χ4v) is 2.40. The highest BCUT2D eigenvalue weighted by Gasteiger charge is 2.35. The van der Waals surface area contributed by atoms with Crippen molar-refractivity contribution in [1.82, 2.24) is 9.97 Å². The molecule has 0 unspecified atom stereocenters. The third-order valence-electron chi connectivity index (χ3n) is 3.70. The van der Waals surface area contributed by atoms with Crippen LogP contribution in [0.4, 0.5) is 42.0 Å². The first-order chi connectivity index (χ1) is 14.8. The lowest BCUT2D eigenvalue weighted by molar-refractivity contribution is -0.137. The Morgan fingerprint density at radius 1 is 0.968 bits per heavy atom. The van der Waals surface area contributed by atoms with Crippen molar-refractivity contribution in [3.05, 3.63) is 79.0 Å². The average Bonchev–Trinajstić information content (AvgIpc) is 2.75. The Morgan fingerprint density at radius 2 is 1.61 bits per heavy atom. The van der Waals surface area contributed by atoms with Crippen LogP contribution < -0.4 is 16.0 Å². The number of nitrogens with zero attached hydrogens (tertiary/aromatic N) is 2. The zero-order valence-electron chi connectivity index (χ0n) is 17.0. The van der Waals surface area contributed by atoms with Gasteiger partial charge in [-0.3, -0.25) is 4.79 Å². The molecule has 1 amide bonds. The normalized spacial score (nSPS) is 10.4. The van der Waals surface area contributed by atoms with Crippen molar-refractivity contribution in [1.29, 1.82) is 0 Å². The topological polar surface area (TPSA) is 78.9 Å². The van der Waals surface area contributed by atoms with Crippen LogP contribution >= 0.6 is 0 Å². The molecule has 1 heterocycles. The van der Waals surface area contributed by atoms with E-state index in [2.05, 4.69) is 32.5 Å². The largest absolute Gasteiger partial charge is 0.421 e. The first-order valence-corrected chi connectivity index (χ1v) is 9.42. The first kappa shape index (κ1) is 23.4. The van der Waals surface area contributed by atoms with E-state index in [9.17, 15) is 18.0 Å². The molecule has 0 radical (unpaired) electrons. The molecule has 3 rings (SSSR count). The van der Waals surface area contributed by atoms with Gasteiger partial charge in [0, 0.05) is 23.3 Å². The Balaban J connectivity index is 0.00000166. The summed E-state index contributed by atoms with van der Waals surface area (Å²) in [6.07, 6.45) is -2.85. The van der Waals surface area contributed by atoms with E-state index in [1.165, 1.54) is 6.07 Å². The zero-order valence-corrected chi connectivity index (χ0v) is 17.0. The minimum Gasteiger partial charge on any atom is -0.339 e. The fourth-order valence-electron chi connectivity index (χ4n) is 2.40. The van der Waals surface area contributed by atoms with Crippen molar-refractivity contribution in [2.75, 3.05) is 16.0 Å². The highest BCUT2D eigenvalue weighted by molar-refractivity contribution is 5.99. The van der Waals surface area contributed by atoms with Gasteiger partial charge in [0.15, 0.2) is 0 Å². The van der Waals surface area contributed by atoms with E-state index in [4.69, 9.17) is 0 Å². The molecule has 0 saturated carbocycles. The number of nitrogens with one attached hydrogen (secondary N) is 3. The summed E-state index contributed by atoms with van der Waals surface area (Å²) in [6, 6.07) is 15.0. The lowest BCUT2D eigenvalue weighted by Crippen LogP contribution is -2.13. The van der Waals surface area contributed by atoms with Gasteiger partial charge in [0.1, 0.15) is 11.4 Å². The molecule has 0 atom stereocenters. The van der Waals surface area contributed by atoms with E-state index in [1.54, 1.807) is 42.5 Å². The number of carbonyl (C=O) groups is 1. The highest BCUT2D eigenvalue weighted by Crippen LogP contribution is 2.35. The summed E-state index contributed by atoms with van der Waals surface area (Å²) in [5.74, 6) is -0.851. The number of amides is 1. The number of aromatic nitrogens is 2. The van der Waals surface area contributed by atoms with Crippen LogP contribution in [0.25, 0.3) is 0 Å². The average molecular weight is 429 g/mol. The summed E-state index contributed by atoms with van der Waals surface area (Å²) in [4.78, 5) is 19.2. The van der Waals surface area contributed by atoms with Crippen LogP contribution in [-0.4, -0.2) is 15.9 Å². The van der Waals surface area contributed by atoms with Gasteiger partial charge in [-0.2, -0.15) is 18.2 Å². The minimum absolute atomic E-state index is 0.00261. The number of para-hydroxylation sites is 1. The Kier molecular flexibility index (Phi) is 8.13. The molecule has 0 saturated heterocycles. The number of hydrogen-bond donors (Lipinski definition) is 3. The van der Waals surface area contributed by atoms with E-state index in [-0.39, 0.29) is 5.95 Å². The van der Waals surface area contributed by atoms with E-state index in [1.807, 2.05) is 19.9 Å². The number of alkyl halides is 3. The SMILES string of the molecule is C=CC(=O)Nc1cccc(Nc2nc(Nc3ccccc3)ncc2C(F)(F)F)c1.CC. The quantitative estimate of drug-likeness (QED) is 0.411. The van der Waals surface area contributed by atoms with Crippen molar-refractivity contribution in [3.8, 4) is 0 Å². The van der Waals surface area contributed by atoms with Gasteiger partial charge in [0.2, 0.25) is 11.9 Å². The third kappa shape index (κ3) is 6.84. The van der Waals surface area contributed by atoms with Crippen LogP contribution in [0.3, 0.4) is 0 Å². The predicted octanol–water partition coefficient (Wildman–Crippen LogP) is 6.13. The predicted molar refractivity (Wildman–Crippen MR) is 117 cm³/mol. The molecule has 2 aromatic carbocycles. The molecule has 0 bridgehead atoms. The van der Waals surface area contributed by atoms with Crippen molar-refractivity contribution in [3.63, 3.8) is 0 Å². The molecule has 3 N–H and O–H groups in total. The van der Waals surface area contributed by atoms with Gasteiger partial charge in [0.25, 0.3) is 0 Å². The number of hydrogen-bond acceptors (Lipinski definition) is 5. The van der Waals surface area contributed by atoms with Crippen molar-refractivity contribution < 1.29 is 18.0 Å². The molecule has 0 aliphatic carbocycles. The van der Waals surface area contributed by atoms with E-state index in [0.29, 0.717) is 23.3 Å². The second kappa shape index (κ2) is 10.8. The summed E-state index contributed by atoms with van der Waals surface area (Å²) in [5.41, 5.74) is 0.316. The Morgan fingerprint density at radius 3 is 2.26 bits per heavy atom. The van der Waals surface area contributed by atoms with Crippen LogP contribution in [0.1, 0.15) is 19.4 Å². The van der Waals surface area contributed by atoms with Gasteiger partial charge < -0.3 is 16.0 Å². The summed E-state index contributed by atoms with van der Waals surface area (Å²) in [6.45, 7) is 7.35. The van der Waals surface area contributed by atoms with Crippen LogP contribution in [0, 0.1) is 0 Å². The lowest BCUT2D eigenvalue weighted by Gasteiger charge is -2.15. The first-order valence-electron chi connectivity index (χ1n) is 9.42. The molecule has 0 spiro atoms. The van der Waals surface area contributed by atoms with E-state index >= 15 is 0 Å². The van der Waals surface area contributed by atoms with Gasteiger partial charge in [-0.25, -0.2) is 4.98 Å². The van der Waals surface area contributed by atoms with Crippen molar-refractivity contribution in [2.45, 2.75) is 20.0 Å². The zero-order chi connectivity index (χ0) is 22.9. The molecule has 0 fully saturated rings. The maximum absolute atomic E-state index is 13.4. The third-order valence-corrected chi connectivity index (χ3v) is 3.70. The molecule has 1 aromatic heterocycles. The summed E-state index contributed by atoms with van der Waals surface area (Å²) in [7, 11) is 0. The Hall–Kier alpha value is -3.88. The van der Waals surface area contributed by atoms with Gasteiger partial charge in [-0.1, -0.05) is 44.7 Å². The van der Waals surface area contributed by atoms with Crippen LogP contribution in [0.15, 0.2) is 73.4 Å². The molecule has 31 heavy (non-hydrogen) atoms. The second-order valence-corrected chi connectivity index (χ2v) is 5.84. The summed E-state index contributed by atoms with van der Waals surface area (Å²) >= 11 is 0. The van der Waals surface area contributed by atoms with E-state index < -0.39 is 23.5 Å². The Bertz CT molecular complexity index is 1020. The number of halogens is 3. The van der Waals surface area contributed by atoms with Crippen LogP contribution in [-0.2, 0) is 11.0 Å². The summed E-state index contributed by atoms with van der Waals surface area (Å²) in [5, 5.41) is 8.05. The van der Waals surface area contributed by atoms with Crippen LogP contribution in [0.2, 0.25) is 0 Å². The standard InChI is InChI=1S/C20H16F3N5O.C2H6/c1-2-17(29)25-14-9-6-10-15(11-14)26-18-16(20(21,22)23)12-24-19(28-18)27-13-7-4-3-5-8-13;1-2/h2-12H,1H2,(H,25,29)(H2,24,26,27,28);1-2H3. The fraction of sp³-hybridized carbons (Fsp3) is 0.136. The summed E-state index contributed by atoms with van der Waals surface area (Å²) < 4.78 is 40.2. The Labute approximate surface area is 178 Å². The molecular weight excluding hydrogens is 407 g/mol. The van der Waals surface area contributed by atoms with Gasteiger partial charge >= 0.3 is 6.18 Å². The lowest BCUT2D eigenvalue weighted by atomic mass is 10.2. The molecule has 0 aliphatic heterocycles. The van der Waals surface area contributed by atoms with Crippen molar-refractivity contribution >= 4 is 34.7 Å². The van der Waals surface area contributed by atoms with E-state index in [0.717, 1.165) is 6.08 Å². The molecule has 0 aliphatic rings. The number of benzene rings is 2. The molecule has 162 valence electrons. The molecule has 9 heteroatoms.